The predicted octanol–water partition coefficient (Wildman–Crippen LogP) is 3.36. The zero-order valence-electron chi connectivity index (χ0n) is 11.2. The maximum absolute atomic E-state index is 5.49. The van der Waals surface area contributed by atoms with Crippen molar-refractivity contribution in [1.82, 2.24) is 15.4 Å². The van der Waals surface area contributed by atoms with Crippen molar-refractivity contribution in [3.8, 4) is 17.0 Å². The average molecular weight is 265 g/mol. The summed E-state index contributed by atoms with van der Waals surface area (Å²) in [6.45, 7) is 2.58. The van der Waals surface area contributed by atoms with Crippen molar-refractivity contribution in [3.05, 3.63) is 65.9 Å². The van der Waals surface area contributed by atoms with E-state index in [9.17, 15) is 0 Å². The third kappa shape index (κ3) is 2.85. The van der Waals surface area contributed by atoms with Gasteiger partial charge in [-0.25, -0.2) is 0 Å². The number of nitrogens with zero attached hydrogens (tertiary/aromatic N) is 2. The fourth-order valence-corrected chi connectivity index (χ4v) is 1.96. The smallest absolute Gasteiger partial charge is 0.253 e. The molecule has 0 saturated carbocycles. The van der Waals surface area contributed by atoms with E-state index in [1.165, 1.54) is 16.7 Å². The SMILES string of the molecule is Cc1ccc(-c2ccc(COc3cn[nH]n3)cc2)cc1. The van der Waals surface area contributed by atoms with Gasteiger partial charge in [-0.3, -0.25) is 0 Å². The highest BCUT2D eigenvalue weighted by Gasteiger charge is 2.00. The van der Waals surface area contributed by atoms with Crippen molar-refractivity contribution in [2.75, 3.05) is 0 Å². The Hall–Kier alpha value is -2.62. The van der Waals surface area contributed by atoms with Crippen LogP contribution in [0.1, 0.15) is 11.1 Å². The molecule has 1 N–H and O–H groups in total. The summed E-state index contributed by atoms with van der Waals surface area (Å²) in [5.74, 6) is 0.507. The molecule has 0 fully saturated rings. The molecule has 0 unspecified atom stereocenters. The lowest BCUT2D eigenvalue weighted by Crippen LogP contribution is -1.95. The summed E-state index contributed by atoms with van der Waals surface area (Å²) in [6.07, 6.45) is 1.56. The Labute approximate surface area is 117 Å². The molecule has 3 rings (SSSR count). The van der Waals surface area contributed by atoms with Crippen LogP contribution >= 0.6 is 0 Å². The molecule has 1 heterocycles. The van der Waals surface area contributed by atoms with Gasteiger partial charge >= 0.3 is 0 Å². The molecule has 100 valence electrons. The molecule has 20 heavy (non-hydrogen) atoms. The van der Waals surface area contributed by atoms with Crippen molar-refractivity contribution in [2.45, 2.75) is 13.5 Å². The first-order chi connectivity index (χ1) is 9.81. The Morgan fingerprint density at radius 2 is 1.60 bits per heavy atom. The van der Waals surface area contributed by atoms with Gasteiger partial charge < -0.3 is 4.74 Å². The van der Waals surface area contributed by atoms with Crippen LogP contribution < -0.4 is 4.74 Å². The predicted molar refractivity (Wildman–Crippen MR) is 77.3 cm³/mol. The number of rotatable bonds is 4. The molecule has 1 aromatic heterocycles. The van der Waals surface area contributed by atoms with Gasteiger partial charge in [0.2, 0.25) is 0 Å². The molecule has 3 aromatic rings. The maximum Gasteiger partial charge on any atom is 0.253 e. The fourth-order valence-electron chi connectivity index (χ4n) is 1.96. The second-order valence-corrected chi connectivity index (χ2v) is 4.66. The summed E-state index contributed by atoms with van der Waals surface area (Å²) in [7, 11) is 0. The van der Waals surface area contributed by atoms with Crippen molar-refractivity contribution in [2.24, 2.45) is 0 Å². The molecule has 0 amide bonds. The van der Waals surface area contributed by atoms with E-state index in [0.717, 1.165) is 5.56 Å². The summed E-state index contributed by atoms with van der Waals surface area (Å²) in [6, 6.07) is 16.9. The first-order valence-corrected chi connectivity index (χ1v) is 6.46. The number of hydrogen-bond donors (Lipinski definition) is 1. The van der Waals surface area contributed by atoms with Crippen molar-refractivity contribution >= 4 is 0 Å². The highest BCUT2D eigenvalue weighted by atomic mass is 16.5. The van der Waals surface area contributed by atoms with Crippen LogP contribution in [0.2, 0.25) is 0 Å². The summed E-state index contributed by atoms with van der Waals surface area (Å²) >= 11 is 0. The Morgan fingerprint density at radius 1 is 0.950 bits per heavy atom. The van der Waals surface area contributed by atoms with Crippen molar-refractivity contribution in [3.63, 3.8) is 0 Å². The van der Waals surface area contributed by atoms with Gasteiger partial charge in [-0.15, -0.1) is 5.10 Å². The third-order valence-corrected chi connectivity index (χ3v) is 3.12. The van der Waals surface area contributed by atoms with E-state index in [1.54, 1.807) is 6.20 Å². The van der Waals surface area contributed by atoms with Crippen LogP contribution in [0.5, 0.6) is 5.88 Å². The van der Waals surface area contributed by atoms with Crippen LogP contribution in [0.25, 0.3) is 11.1 Å². The Morgan fingerprint density at radius 3 is 2.20 bits per heavy atom. The summed E-state index contributed by atoms with van der Waals surface area (Å²) in [4.78, 5) is 0. The lowest BCUT2D eigenvalue weighted by molar-refractivity contribution is 0.293. The normalized spacial score (nSPS) is 10.4. The molecule has 4 nitrogen and oxygen atoms in total. The highest BCUT2D eigenvalue weighted by molar-refractivity contribution is 5.63. The number of nitrogens with one attached hydrogen (secondary N) is 1. The number of aromatic amines is 1. The lowest BCUT2D eigenvalue weighted by Gasteiger charge is -2.05. The van der Waals surface area contributed by atoms with Crippen molar-refractivity contribution in [1.29, 1.82) is 0 Å². The van der Waals surface area contributed by atoms with Crippen LogP contribution in [-0.4, -0.2) is 15.4 Å². The van der Waals surface area contributed by atoms with Gasteiger partial charge in [-0.1, -0.05) is 54.1 Å². The Balaban J connectivity index is 1.69. The average Bonchev–Trinajstić information content (AvgIpc) is 3.00. The molecule has 0 bridgehead atoms. The van der Waals surface area contributed by atoms with E-state index in [0.29, 0.717) is 12.5 Å². The quantitative estimate of drug-likeness (QED) is 0.787. The minimum absolute atomic E-state index is 0.487. The zero-order chi connectivity index (χ0) is 13.8. The number of ether oxygens (including phenoxy) is 1. The summed E-state index contributed by atoms with van der Waals surface area (Å²) in [5.41, 5.74) is 4.80. The molecule has 0 aliphatic heterocycles. The van der Waals surface area contributed by atoms with Crippen LogP contribution in [0, 0.1) is 6.92 Å². The largest absolute Gasteiger partial charge is 0.471 e. The number of H-pyrrole nitrogens is 1. The van der Waals surface area contributed by atoms with E-state index >= 15 is 0 Å². The number of aromatic nitrogens is 3. The number of hydrogen-bond acceptors (Lipinski definition) is 3. The monoisotopic (exact) mass is 265 g/mol. The third-order valence-electron chi connectivity index (χ3n) is 3.12. The van der Waals surface area contributed by atoms with E-state index in [-0.39, 0.29) is 0 Å². The van der Waals surface area contributed by atoms with Crippen LogP contribution in [0.3, 0.4) is 0 Å². The fraction of sp³-hybridized carbons (Fsp3) is 0.125. The van der Waals surface area contributed by atoms with Crippen LogP contribution in [0.4, 0.5) is 0 Å². The van der Waals surface area contributed by atoms with E-state index in [4.69, 9.17) is 4.74 Å². The first kappa shape index (κ1) is 12.4. The molecule has 4 heteroatoms. The van der Waals surface area contributed by atoms with Gasteiger partial charge in [0.25, 0.3) is 5.88 Å². The standard InChI is InChI=1S/C16H15N3O/c1-12-2-6-14(7-3-12)15-8-4-13(5-9-15)11-20-16-10-17-19-18-16/h2-10H,11H2,1H3,(H,17,18,19). The minimum atomic E-state index is 0.487. The van der Waals surface area contributed by atoms with Crippen LogP contribution in [-0.2, 0) is 6.61 Å². The molecule has 0 atom stereocenters. The first-order valence-electron chi connectivity index (χ1n) is 6.46. The Bertz CT molecular complexity index is 658. The van der Waals surface area contributed by atoms with E-state index in [2.05, 4.69) is 70.9 Å². The topological polar surface area (TPSA) is 50.8 Å². The molecule has 0 radical (unpaired) electrons. The van der Waals surface area contributed by atoms with Gasteiger partial charge in [-0.05, 0) is 23.6 Å². The maximum atomic E-state index is 5.49. The van der Waals surface area contributed by atoms with Gasteiger partial charge in [0.05, 0.1) is 0 Å². The molecule has 0 aliphatic rings. The molecule has 2 aromatic carbocycles. The number of benzene rings is 2. The van der Waals surface area contributed by atoms with Gasteiger partial charge in [0.1, 0.15) is 12.8 Å². The molecule has 0 spiro atoms. The van der Waals surface area contributed by atoms with E-state index < -0.39 is 0 Å². The minimum Gasteiger partial charge on any atom is -0.471 e. The summed E-state index contributed by atoms with van der Waals surface area (Å²) in [5, 5.41) is 10.1. The van der Waals surface area contributed by atoms with Crippen molar-refractivity contribution < 1.29 is 4.74 Å². The molecule has 0 saturated heterocycles. The lowest BCUT2D eigenvalue weighted by atomic mass is 10.0. The highest BCUT2D eigenvalue weighted by Crippen LogP contribution is 2.20. The van der Waals surface area contributed by atoms with Gasteiger partial charge in [-0.2, -0.15) is 10.3 Å². The summed E-state index contributed by atoms with van der Waals surface area (Å²) < 4.78 is 5.49. The Kier molecular flexibility index (Phi) is 3.46. The zero-order valence-corrected chi connectivity index (χ0v) is 11.2. The second kappa shape index (κ2) is 5.57. The number of aryl methyl sites for hydroxylation is 1. The van der Waals surface area contributed by atoms with Gasteiger partial charge in [0, 0.05) is 0 Å². The van der Waals surface area contributed by atoms with E-state index in [1.807, 2.05) is 0 Å². The molecular weight excluding hydrogens is 250 g/mol. The molecule has 0 aliphatic carbocycles. The molecular formula is C16H15N3O. The second-order valence-electron chi connectivity index (χ2n) is 4.66. The van der Waals surface area contributed by atoms with Gasteiger partial charge in [0.15, 0.2) is 0 Å². The van der Waals surface area contributed by atoms with Crippen LogP contribution in [0.15, 0.2) is 54.7 Å².